The zero-order valence-corrected chi connectivity index (χ0v) is 25.7. The Bertz CT molecular complexity index is 1620. The number of urea groups is 1. The van der Waals surface area contributed by atoms with Crippen LogP contribution in [0.15, 0.2) is 61.1 Å². The molecule has 18 heteroatoms. The van der Waals surface area contributed by atoms with Crippen LogP contribution < -0.4 is 26.8 Å². The van der Waals surface area contributed by atoms with Gasteiger partial charge in [-0.15, -0.1) is 24.8 Å². The number of benzene rings is 2. The Hall–Kier alpha value is -3.50. The van der Waals surface area contributed by atoms with Crippen LogP contribution in [0.25, 0.3) is 11.0 Å². The van der Waals surface area contributed by atoms with Crippen molar-refractivity contribution >= 4 is 74.8 Å². The number of fused-ring (bicyclic) bond motifs is 1. The molecule has 236 valence electrons. The first-order valence-electron chi connectivity index (χ1n) is 11.9. The highest BCUT2D eigenvalue weighted by molar-refractivity contribution is 7.90. The summed E-state index contributed by atoms with van der Waals surface area (Å²) in [6.45, 7) is 1.15. The molecule has 4 rings (SSSR count). The van der Waals surface area contributed by atoms with Crippen molar-refractivity contribution < 1.29 is 31.1 Å². The summed E-state index contributed by atoms with van der Waals surface area (Å²) in [5.74, 6) is 0.766. The number of ether oxygens (including phenoxy) is 1. The van der Waals surface area contributed by atoms with Crippen molar-refractivity contribution in [1.82, 2.24) is 19.9 Å². The predicted octanol–water partition coefficient (Wildman–Crippen LogP) is 5.14. The number of primary amides is 1. The van der Waals surface area contributed by atoms with Gasteiger partial charge in [-0.3, -0.25) is 0 Å². The van der Waals surface area contributed by atoms with Gasteiger partial charge in [-0.2, -0.15) is 13.2 Å². The fraction of sp³-hybridized carbons (Fsp3) is 0.240. The Morgan fingerprint density at radius 2 is 1.84 bits per heavy atom. The summed E-state index contributed by atoms with van der Waals surface area (Å²) in [5.41, 5.74) is 11.7. The Labute approximate surface area is 262 Å². The minimum absolute atomic E-state index is 0. The highest BCUT2D eigenvalue weighted by atomic mass is 35.5. The molecule has 0 aliphatic heterocycles. The summed E-state index contributed by atoms with van der Waals surface area (Å²) in [5, 5.41) is 5.58. The summed E-state index contributed by atoms with van der Waals surface area (Å²) >= 11 is 6.31. The third-order valence-electron chi connectivity index (χ3n) is 5.28. The summed E-state index contributed by atoms with van der Waals surface area (Å²) in [6.07, 6.45) is -0.0302. The number of carbonyl (C=O) groups is 1. The summed E-state index contributed by atoms with van der Waals surface area (Å²) < 4.78 is 67.0. The number of rotatable bonds is 9. The number of hydrogen-bond acceptors (Lipinski definition) is 8. The van der Waals surface area contributed by atoms with E-state index in [0.717, 1.165) is 29.4 Å². The molecule has 0 unspecified atom stereocenters. The van der Waals surface area contributed by atoms with Crippen molar-refractivity contribution in [3.8, 4) is 11.5 Å². The second-order valence-electron chi connectivity index (χ2n) is 8.57. The van der Waals surface area contributed by atoms with Crippen molar-refractivity contribution in [3.63, 3.8) is 0 Å². The molecular weight excluding hydrogens is 658 g/mol. The van der Waals surface area contributed by atoms with Gasteiger partial charge in [0.05, 0.1) is 21.9 Å². The standard InChI is InChI=1S/C21H17ClF3N5O.C4H10N2O3S.2ClH/c22-16-11-14(29-20-19-17(27-12-28-20)6-8-30(19)9-7-26)4-5-18(16)31-15-3-1-2-13(10-15)21(23,24)25;1-10(8,9)3-2-6-4(5)7;;/h1-6,8,10-12H,7,9,26H2,(H,27,28,29);2-3H2,1H3,(H3,5,6,7);2*1H. The quantitative estimate of drug-likeness (QED) is 0.188. The van der Waals surface area contributed by atoms with E-state index in [-0.39, 0.29) is 53.6 Å². The predicted molar refractivity (Wildman–Crippen MR) is 165 cm³/mol. The third kappa shape index (κ3) is 11.6. The van der Waals surface area contributed by atoms with Gasteiger partial charge < -0.3 is 31.4 Å². The van der Waals surface area contributed by atoms with Gasteiger partial charge in [-0.25, -0.2) is 23.2 Å². The first-order chi connectivity index (χ1) is 19.3. The van der Waals surface area contributed by atoms with E-state index in [2.05, 4.69) is 26.3 Å². The Morgan fingerprint density at radius 1 is 1.12 bits per heavy atom. The van der Waals surface area contributed by atoms with Gasteiger partial charge in [0.15, 0.2) is 5.82 Å². The maximum absolute atomic E-state index is 12.9. The zero-order chi connectivity index (χ0) is 30.2. The number of carbonyl (C=O) groups excluding carboxylic acids is 1. The van der Waals surface area contributed by atoms with Gasteiger partial charge in [-0.1, -0.05) is 17.7 Å². The summed E-state index contributed by atoms with van der Waals surface area (Å²) in [4.78, 5) is 18.6. The average Bonchev–Trinajstić information content (AvgIpc) is 3.29. The molecule has 0 radical (unpaired) electrons. The van der Waals surface area contributed by atoms with Crippen LogP contribution in [0.5, 0.6) is 11.5 Å². The Kier molecular flexibility index (Phi) is 14.3. The first-order valence-corrected chi connectivity index (χ1v) is 14.3. The van der Waals surface area contributed by atoms with Gasteiger partial charge in [-0.05, 0) is 42.5 Å². The van der Waals surface area contributed by atoms with E-state index in [0.29, 0.717) is 24.6 Å². The smallest absolute Gasteiger partial charge is 0.416 e. The molecule has 0 spiro atoms. The number of nitrogens with one attached hydrogen (secondary N) is 2. The number of alkyl halides is 3. The molecule has 6 N–H and O–H groups in total. The first kappa shape index (κ1) is 37.5. The molecule has 0 aliphatic rings. The van der Waals surface area contributed by atoms with Crippen LogP contribution in [0.1, 0.15) is 5.56 Å². The fourth-order valence-electron chi connectivity index (χ4n) is 3.47. The maximum atomic E-state index is 12.9. The van der Waals surface area contributed by atoms with Gasteiger partial charge in [0.1, 0.15) is 33.2 Å². The van der Waals surface area contributed by atoms with Gasteiger partial charge in [0.2, 0.25) is 0 Å². The van der Waals surface area contributed by atoms with Gasteiger partial charge >= 0.3 is 12.2 Å². The fourth-order valence-corrected chi connectivity index (χ4v) is 4.16. The number of aromatic nitrogens is 3. The lowest BCUT2D eigenvalue weighted by atomic mass is 10.2. The largest absolute Gasteiger partial charge is 0.456 e. The number of anilines is 2. The van der Waals surface area contributed by atoms with Crippen molar-refractivity contribution in [3.05, 3.63) is 71.6 Å². The van der Waals surface area contributed by atoms with E-state index < -0.39 is 27.6 Å². The Morgan fingerprint density at radius 3 is 2.44 bits per heavy atom. The van der Waals surface area contributed by atoms with Crippen LogP contribution in [0, 0.1) is 0 Å². The third-order valence-corrected chi connectivity index (χ3v) is 6.52. The lowest BCUT2D eigenvalue weighted by Gasteiger charge is -2.13. The highest BCUT2D eigenvalue weighted by Gasteiger charge is 2.30. The van der Waals surface area contributed by atoms with Crippen molar-refractivity contribution in [2.75, 3.05) is 30.4 Å². The molecule has 0 bridgehead atoms. The molecular formula is C25H29Cl3F3N7O4S. The highest BCUT2D eigenvalue weighted by Crippen LogP contribution is 2.36. The SMILES string of the molecule is CS(=O)(=O)CCNC(N)=O.Cl.Cl.NCCn1ccc2ncnc(Nc3ccc(Oc4cccc(C(F)(F)F)c4)c(Cl)c3)c21. The Balaban J connectivity index is 0.000000668. The molecule has 0 atom stereocenters. The molecule has 0 saturated heterocycles. The molecule has 0 aliphatic carbocycles. The van der Waals surface area contributed by atoms with E-state index in [9.17, 15) is 26.4 Å². The van der Waals surface area contributed by atoms with E-state index >= 15 is 0 Å². The second kappa shape index (κ2) is 16.4. The van der Waals surface area contributed by atoms with Crippen molar-refractivity contribution in [2.45, 2.75) is 12.7 Å². The van der Waals surface area contributed by atoms with Crippen LogP contribution in [0.3, 0.4) is 0 Å². The molecule has 2 heterocycles. The molecule has 2 aromatic carbocycles. The van der Waals surface area contributed by atoms with E-state index in [1.54, 1.807) is 18.2 Å². The van der Waals surface area contributed by atoms with E-state index in [1.165, 1.54) is 18.5 Å². The van der Waals surface area contributed by atoms with Crippen LogP contribution >= 0.6 is 36.4 Å². The monoisotopic (exact) mass is 685 g/mol. The molecule has 2 aromatic heterocycles. The van der Waals surface area contributed by atoms with Crippen LogP contribution in [-0.2, 0) is 22.6 Å². The number of sulfone groups is 1. The van der Waals surface area contributed by atoms with Gasteiger partial charge in [0, 0.05) is 37.8 Å². The number of halogens is 6. The number of hydrogen-bond donors (Lipinski definition) is 4. The normalized spacial score (nSPS) is 10.9. The maximum Gasteiger partial charge on any atom is 0.416 e. The molecule has 4 aromatic rings. The molecule has 0 fully saturated rings. The van der Waals surface area contributed by atoms with Crippen molar-refractivity contribution in [1.29, 1.82) is 0 Å². The number of amides is 2. The van der Waals surface area contributed by atoms with Crippen LogP contribution in [0.2, 0.25) is 5.02 Å². The summed E-state index contributed by atoms with van der Waals surface area (Å²) in [7, 11) is -2.99. The van der Waals surface area contributed by atoms with E-state index in [1.807, 2.05) is 16.8 Å². The summed E-state index contributed by atoms with van der Waals surface area (Å²) in [6, 6.07) is 10.6. The van der Waals surface area contributed by atoms with Gasteiger partial charge in [0.25, 0.3) is 0 Å². The minimum Gasteiger partial charge on any atom is -0.456 e. The molecule has 11 nitrogen and oxygen atoms in total. The lowest BCUT2D eigenvalue weighted by molar-refractivity contribution is -0.137. The molecule has 2 amide bonds. The minimum atomic E-state index is -4.46. The van der Waals surface area contributed by atoms with Crippen LogP contribution in [0.4, 0.5) is 29.5 Å². The second-order valence-corrected chi connectivity index (χ2v) is 11.2. The number of nitrogens with zero attached hydrogens (tertiary/aromatic N) is 3. The molecule has 0 saturated carbocycles. The van der Waals surface area contributed by atoms with E-state index in [4.69, 9.17) is 22.1 Å². The van der Waals surface area contributed by atoms with Crippen molar-refractivity contribution in [2.24, 2.45) is 11.5 Å². The molecule has 43 heavy (non-hydrogen) atoms. The lowest BCUT2D eigenvalue weighted by Crippen LogP contribution is -2.33. The topological polar surface area (TPSA) is 167 Å². The number of nitrogens with two attached hydrogens (primary N) is 2. The van der Waals surface area contributed by atoms with Crippen LogP contribution in [-0.4, -0.2) is 54.1 Å². The zero-order valence-electron chi connectivity index (χ0n) is 22.5. The average molecular weight is 687 g/mol.